The summed E-state index contributed by atoms with van der Waals surface area (Å²) in [5, 5.41) is 11.3. The fourth-order valence-corrected chi connectivity index (χ4v) is 3.77. The molecule has 2 aliphatic rings. The van der Waals surface area contributed by atoms with Gasteiger partial charge in [0.25, 0.3) is 0 Å². The van der Waals surface area contributed by atoms with Crippen LogP contribution in [0.1, 0.15) is 39.2 Å². The van der Waals surface area contributed by atoms with Crippen LogP contribution in [-0.2, 0) is 15.1 Å². The van der Waals surface area contributed by atoms with Crippen LogP contribution in [0, 0.1) is 5.82 Å². The molecule has 0 saturated carbocycles. The molecule has 2 unspecified atom stereocenters. The van der Waals surface area contributed by atoms with Crippen LogP contribution < -0.4 is 4.74 Å². The number of rotatable bonds is 2. The SMILES string of the molecule is COc1cc(C2(O)CC3COCC(C2)N3C(=O)OC(C)(C)C)ccc1F. The van der Waals surface area contributed by atoms with Gasteiger partial charge in [-0.1, -0.05) is 6.07 Å². The summed E-state index contributed by atoms with van der Waals surface area (Å²) in [7, 11) is 1.39. The van der Waals surface area contributed by atoms with E-state index in [1.807, 2.05) is 20.8 Å². The van der Waals surface area contributed by atoms with Crippen molar-refractivity contribution in [1.29, 1.82) is 0 Å². The van der Waals surface area contributed by atoms with Gasteiger partial charge >= 0.3 is 6.09 Å². The lowest BCUT2D eigenvalue weighted by Gasteiger charge is -2.51. The van der Waals surface area contributed by atoms with Gasteiger partial charge in [0.15, 0.2) is 11.6 Å². The van der Waals surface area contributed by atoms with Gasteiger partial charge in [-0.05, 0) is 38.5 Å². The summed E-state index contributed by atoms with van der Waals surface area (Å²) in [5.41, 5.74) is -1.19. The number of carbonyl (C=O) groups excluding carboxylic acids is 1. The molecule has 144 valence electrons. The zero-order valence-electron chi connectivity index (χ0n) is 15.6. The van der Waals surface area contributed by atoms with Gasteiger partial charge in [-0.15, -0.1) is 0 Å². The summed E-state index contributed by atoms with van der Waals surface area (Å²) in [6.07, 6.45) is 0.184. The Morgan fingerprint density at radius 2 is 1.92 bits per heavy atom. The number of ether oxygens (including phenoxy) is 3. The lowest BCUT2D eigenvalue weighted by molar-refractivity contribution is -0.141. The molecule has 0 aliphatic carbocycles. The number of piperidine rings is 1. The lowest BCUT2D eigenvalue weighted by atomic mass is 9.77. The van der Waals surface area contributed by atoms with Crippen molar-refractivity contribution in [2.24, 2.45) is 0 Å². The molecule has 1 aromatic carbocycles. The molecule has 3 rings (SSSR count). The number of morpholine rings is 1. The van der Waals surface area contributed by atoms with Crippen molar-refractivity contribution in [3.05, 3.63) is 29.6 Å². The predicted octanol–water partition coefficient (Wildman–Crippen LogP) is 2.82. The Bertz CT molecular complexity index is 673. The Morgan fingerprint density at radius 1 is 1.31 bits per heavy atom. The molecule has 2 bridgehead atoms. The number of fused-ring (bicyclic) bond motifs is 2. The first kappa shape index (κ1) is 18.9. The summed E-state index contributed by atoms with van der Waals surface area (Å²) in [5.74, 6) is -0.388. The smallest absolute Gasteiger partial charge is 0.410 e. The van der Waals surface area contributed by atoms with Gasteiger partial charge in [0, 0.05) is 12.8 Å². The van der Waals surface area contributed by atoms with Crippen molar-refractivity contribution in [1.82, 2.24) is 4.90 Å². The monoisotopic (exact) mass is 367 g/mol. The standard InChI is InChI=1S/C19H26FNO5/c1-18(2,3)26-17(22)21-13-8-19(23,9-14(21)11-25-10-13)12-5-6-15(20)16(7-12)24-4/h5-7,13-14,23H,8-11H2,1-4H3. The maximum Gasteiger partial charge on any atom is 0.410 e. The molecule has 26 heavy (non-hydrogen) atoms. The minimum absolute atomic E-state index is 0.0897. The van der Waals surface area contributed by atoms with Gasteiger partial charge in [-0.2, -0.15) is 0 Å². The van der Waals surface area contributed by atoms with Crippen LogP contribution in [0.3, 0.4) is 0 Å². The van der Waals surface area contributed by atoms with E-state index in [9.17, 15) is 14.3 Å². The summed E-state index contributed by atoms with van der Waals surface area (Å²) in [6.45, 7) is 6.12. The normalized spacial score (nSPS) is 28.6. The largest absolute Gasteiger partial charge is 0.494 e. The number of aliphatic hydroxyl groups is 1. The van der Waals surface area contributed by atoms with Gasteiger partial charge in [0.05, 0.1) is 38.0 Å². The zero-order chi connectivity index (χ0) is 19.1. The van der Waals surface area contributed by atoms with Gasteiger partial charge in [-0.3, -0.25) is 4.90 Å². The van der Waals surface area contributed by atoms with E-state index in [0.29, 0.717) is 18.8 Å². The van der Waals surface area contributed by atoms with Crippen LogP contribution in [0.4, 0.5) is 9.18 Å². The first-order valence-corrected chi connectivity index (χ1v) is 8.78. The third kappa shape index (κ3) is 3.64. The van der Waals surface area contributed by atoms with Crippen molar-refractivity contribution >= 4 is 6.09 Å². The first-order chi connectivity index (χ1) is 12.1. The Hall–Kier alpha value is -1.86. The predicted molar refractivity (Wildman–Crippen MR) is 92.6 cm³/mol. The number of hydrogen-bond acceptors (Lipinski definition) is 5. The van der Waals surface area contributed by atoms with Crippen LogP contribution >= 0.6 is 0 Å². The van der Waals surface area contributed by atoms with E-state index in [1.165, 1.54) is 19.2 Å². The van der Waals surface area contributed by atoms with Crippen molar-refractivity contribution in [2.75, 3.05) is 20.3 Å². The fourth-order valence-electron chi connectivity index (χ4n) is 3.77. The van der Waals surface area contributed by atoms with E-state index >= 15 is 0 Å². The number of methoxy groups -OCH3 is 1. The minimum Gasteiger partial charge on any atom is -0.494 e. The molecule has 2 saturated heterocycles. The third-order valence-corrected chi connectivity index (χ3v) is 4.85. The number of nitrogens with zero attached hydrogens (tertiary/aromatic N) is 1. The second-order valence-electron chi connectivity index (χ2n) is 8.02. The molecule has 2 fully saturated rings. The lowest BCUT2D eigenvalue weighted by Crippen LogP contribution is -2.63. The van der Waals surface area contributed by atoms with E-state index in [2.05, 4.69) is 0 Å². The Labute approximate surface area is 152 Å². The van der Waals surface area contributed by atoms with E-state index in [-0.39, 0.29) is 30.7 Å². The molecule has 0 radical (unpaired) electrons. The fraction of sp³-hybridized carbons (Fsp3) is 0.632. The molecule has 2 aliphatic heterocycles. The molecule has 2 atom stereocenters. The zero-order valence-corrected chi connectivity index (χ0v) is 15.6. The van der Waals surface area contributed by atoms with E-state index in [0.717, 1.165) is 0 Å². The second kappa shape index (κ2) is 6.70. The summed E-state index contributed by atoms with van der Waals surface area (Å²) in [6, 6.07) is 3.77. The Kier molecular flexibility index (Phi) is 4.88. The summed E-state index contributed by atoms with van der Waals surface area (Å²) < 4.78 is 29.9. The highest BCUT2D eigenvalue weighted by molar-refractivity contribution is 5.69. The molecule has 6 nitrogen and oxygen atoms in total. The third-order valence-electron chi connectivity index (χ3n) is 4.85. The van der Waals surface area contributed by atoms with Gasteiger partial charge in [-0.25, -0.2) is 9.18 Å². The Balaban J connectivity index is 1.86. The maximum atomic E-state index is 13.7. The van der Waals surface area contributed by atoms with Crippen molar-refractivity contribution in [3.63, 3.8) is 0 Å². The summed E-state index contributed by atoms with van der Waals surface area (Å²) in [4.78, 5) is 14.3. The van der Waals surface area contributed by atoms with Crippen molar-refractivity contribution < 1.29 is 28.5 Å². The first-order valence-electron chi connectivity index (χ1n) is 8.78. The van der Waals surface area contributed by atoms with Crippen LogP contribution in [0.25, 0.3) is 0 Å². The van der Waals surface area contributed by atoms with E-state index in [1.54, 1.807) is 11.0 Å². The number of halogens is 1. The van der Waals surface area contributed by atoms with Crippen LogP contribution in [0.15, 0.2) is 18.2 Å². The molecule has 0 aromatic heterocycles. The topological polar surface area (TPSA) is 68.2 Å². The highest BCUT2D eigenvalue weighted by Gasteiger charge is 2.50. The second-order valence-corrected chi connectivity index (χ2v) is 8.02. The average molecular weight is 367 g/mol. The molecule has 1 aromatic rings. The minimum atomic E-state index is -1.18. The van der Waals surface area contributed by atoms with Crippen LogP contribution in [0.2, 0.25) is 0 Å². The van der Waals surface area contributed by atoms with E-state index in [4.69, 9.17) is 14.2 Å². The summed E-state index contributed by atoms with van der Waals surface area (Å²) >= 11 is 0. The average Bonchev–Trinajstić information content (AvgIpc) is 2.52. The van der Waals surface area contributed by atoms with Gasteiger partial charge < -0.3 is 19.3 Å². The molecule has 1 N–H and O–H groups in total. The number of amides is 1. The van der Waals surface area contributed by atoms with E-state index < -0.39 is 23.1 Å². The van der Waals surface area contributed by atoms with Gasteiger partial charge in [0.2, 0.25) is 0 Å². The number of hydrogen-bond donors (Lipinski definition) is 1. The molecular weight excluding hydrogens is 341 g/mol. The molecule has 0 spiro atoms. The number of benzene rings is 1. The molecule has 7 heteroatoms. The van der Waals surface area contributed by atoms with Crippen LogP contribution in [-0.4, -0.2) is 54.1 Å². The Morgan fingerprint density at radius 3 is 2.46 bits per heavy atom. The van der Waals surface area contributed by atoms with Crippen LogP contribution in [0.5, 0.6) is 5.75 Å². The highest BCUT2D eigenvalue weighted by atomic mass is 19.1. The highest BCUT2D eigenvalue weighted by Crippen LogP contribution is 2.42. The molecule has 2 heterocycles. The maximum absolute atomic E-state index is 13.7. The van der Waals surface area contributed by atoms with Gasteiger partial charge in [0.1, 0.15) is 5.60 Å². The number of carbonyl (C=O) groups is 1. The van der Waals surface area contributed by atoms with Crippen molar-refractivity contribution in [2.45, 2.75) is 56.9 Å². The molecular formula is C19H26FNO5. The van der Waals surface area contributed by atoms with Crippen molar-refractivity contribution in [3.8, 4) is 5.75 Å². The quantitative estimate of drug-likeness (QED) is 0.871. The molecule has 1 amide bonds.